The Labute approximate surface area is 172 Å². The predicted molar refractivity (Wildman–Crippen MR) is 117 cm³/mol. The summed E-state index contributed by atoms with van der Waals surface area (Å²) >= 11 is 0. The number of rotatable bonds is 8. The second kappa shape index (κ2) is 9.56. The Kier molecular flexibility index (Phi) is 7.39. The van der Waals surface area contributed by atoms with E-state index < -0.39 is 10.0 Å². The molecule has 29 heavy (non-hydrogen) atoms. The lowest BCUT2D eigenvalue weighted by atomic mass is 10.1. The monoisotopic (exact) mass is 417 g/mol. The molecule has 0 aliphatic rings. The number of anilines is 3. The first-order chi connectivity index (χ1) is 13.6. The van der Waals surface area contributed by atoms with E-state index in [0.29, 0.717) is 23.5 Å². The maximum absolute atomic E-state index is 12.3. The number of nitrogens with zero attached hydrogens (tertiary/aromatic N) is 1. The van der Waals surface area contributed by atoms with Crippen LogP contribution in [0, 0.1) is 13.8 Å². The largest absolute Gasteiger partial charge is 0.326 e. The Balaban J connectivity index is 2.00. The number of nitrogens with one attached hydrogen (secondary N) is 2. The van der Waals surface area contributed by atoms with E-state index in [9.17, 15) is 18.0 Å². The molecule has 2 aromatic rings. The zero-order valence-electron chi connectivity index (χ0n) is 17.2. The molecule has 0 aliphatic carbocycles. The maximum atomic E-state index is 12.3. The van der Waals surface area contributed by atoms with Crippen molar-refractivity contribution >= 4 is 38.9 Å². The fraction of sp³-hybridized carbons (Fsp3) is 0.333. The third-order valence-electron chi connectivity index (χ3n) is 4.27. The normalized spacial score (nSPS) is 11.0. The third-order valence-corrected chi connectivity index (χ3v) is 5.45. The molecule has 0 heterocycles. The summed E-state index contributed by atoms with van der Waals surface area (Å²) in [6.45, 7) is 5.39. The number of benzene rings is 2. The van der Waals surface area contributed by atoms with Crippen molar-refractivity contribution in [2.24, 2.45) is 0 Å². The van der Waals surface area contributed by atoms with Gasteiger partial charge in [-0.25, -0.2) is 8.42 Å². The minimum atomic E-state index is -3.47. The molecule has 0 atom stereocenters. The third kappa shape index (κ3) is 6.90. The van der Waals surface area contributed by atoms with Gasteiger partial charge in [0.1, 0.15) is 0 Å². The summed E-state index contributed by atoms with van der Waals surface area (Å²) in [5.74, 6) is -0.417. The summed E-state index contributed by atoms with van der Waals surface area (Å²) in [5.41, 5.74) is 3.62. The van der Waals surface area contributed by atoms with Crippen LogP contribution in [0.15, 0.2) is 42.5 Å². The van der Waals surface area contributed by atoms with Crippen LogP contribution in [0.2, 0.25) is 0 Å². The van der Waals surface area contributed by atoms with E-state index in [4.69, 9.17) is 0 Å². The van der Waals surface area contributed by atoms with E-state index in [1.807, 2.05) is 32.0 Å². The molecule has 0 spiro atoms. The SMILES string of the molecule is CC(=O)Nc1cccc(NC(=O)CCCN(c2cc(C)ccc2C)S(C)(=O)=O)c1. The van der Waals surface area contributed by atoms with Crippen LogP contribution in [0.1, 0.15) is 30.9 Å². The molecule has 2 aromatic carbocycles. The Morgan fingerprint density at radius 3 is 2.28 bits per heavy atom. The molecular formula is C21H27N3O4S. The van der Waals surface area contributed by atoms with Crippen molar-refractivity contribution in [1.82, 2.24) is 0 Å². The number of sulfonamides is 1. The van der Waals surface area contributed by atoms with Gasteiger partial charge in [-0.1, -0.05) is 18.2 Å². The molecule has 0 unspecified atom stereocenters. The fourth-order valence-corrected chi connectivity index (χ4v) is 3.95. The van der Waals surface area contributed by atoms with Crippen molar-refractivity contribution in [3.8, 4) is 0 Å². The van der Waals surface area contributed by atoms with Crippen LogP contribution in [0.4, 0.5) is 17.1 Å². The first-order valence-corrected chi connectivity index (χ1v) is 11.1. The Hall–Kier alpha value is -2.87. The van der Waals surface area contributed by atoms with Gasteiger partial charge >= 0.3 is 0 Å². The highest BCUT2D eigenvalue weighted by molar-refractivity contribution is 7.92. The smallest absolute Gasteiger partial charge is 0.232 e. The van der Waals surface area contributed by atoms with Gasteiger partial charge in [0.05, 0.1) is 11.9 Å². The summed E-state index contributed by atoms with van der Waals surface area (Å²) in [6, 6.07) is 12.5. The molecule has 2 N–H and O–H groups in total. The second-order valence-electron chi connectivity index (χ2n) is 7.04. The van der Waals surface area contributed by atoms with Crippen LogP contribution in [0.5, 0.6) is 0 Å². The van der Waals surface area contributed by atoms with Crippen molar-refractivity contribution in [2.45, 2.75) is 33.6 Å². The molecule has 0 saturated carbocycles. The van der Waals surface area contributed by atoms with Gasteiger partial charge in [0, 0.05) is 31.3 Å². The summed E-state index contributed by atoms with van der Waals surface area (Å²) in [6.07, 6.45) is 1.71. The lowest BCUT2D eigenvalue weighted by molar-refractivity contribution is -0.116. The van der Waals surface area contributed by atoms with E-state index in [1.165, 1.54) is 17.5 Å². The molecule has 0 bridgehead atoms. The van der Waals surface area contributed by atoms with Gasteiger partial charge in [-0.2, -0.15) is 0 Å². The first kappa shape index (κ1) is 22.4. The highest BCUT2D eigenvalue weighted by Gasteiger charge is 2.19. The fourth-order valence-electron chi connectivity index (χ4n) is 2.94. The standard InChI is InChI=1S/C21H27N3O4S/c1-15-10-11-16(2)20(13-15)24(29(4,27)28)12-6-9-21(26)23-19-8-5-7-18(14-19)22-17(3)25/h5,7-8,10-11,13-14H,6,9,12H2,1-4H3,(H,22,25)(H,23,26). The van der Waals surface area contributed by atoms with Crippen molar-refractivity contribution in [3.05, 3.63) is 53.6 Å². The minimum Gasteiger partial charge on any atom is -0.326 e. The molecular weight excluding hydrogens is 390 g/mol. The number of hydrogen-bond donors (Lipinski definition) is 2. The molecule has 0 aromatic heterocycles. The number of carbonyl (C=O) groups excluding carboxylic acids is 2. The van der Waals surface area contributed by atoms with Crippen LogP contribution in [0.25, 0.3) is 0 Å². The van der Waals surface area contributed by atoms with E-state index in [1.54, 1.807) is 24.3 Å². The summed E-state index contributed by atoms with van der Waals surface area (Å²) in [4.78, 5) is 23.4. The second-order valence-corrected chi connectivity index (χ2v) is 8.95. The van der Waals surface area contributed by atoms with Gasteiger partial charge < -0.3 is 10.6 Å². The lowest BCUT2D eigenvalue weighted by Crippen LogP contribution is -2.32. The van der Waals surface area contributed by atoms with Gasteiger partial charge in [0.25, 0.3) is 0 Å². The van der Waals surface area contributed by atoms with E-state index in [2.05, 4.69) is 10.6 Å². The molecule has 0 saturated heterocycles. The summed E-state index contributed by atoms with van der Waals surface area (Å²) in [7, 11) is -3.47. The Morgan fingerprint density at radius 1 is 1.00 bits per heavy atom. The van der Waals surface area contributed by atoms with E-state index >= 15 is 0 Å². The van der Waals surface area contributed by atoms with Crippen LogP contribution >= 0.6 is 0 Å². The summed E-state index contributed by atoms with van der Waals surface area (Å²) in [5, 5.41) is 5.43. The molecule has 0 fully saturated rings. The highest BCUT2D eigenvalue weighted by Crippen LogP contribution is 2.24. The van der Waals surface area contributed by atoms with E-state index in [-0.39, 0.29) is 24.8 Å². The molecule has 2 amide bonds. The van der Waals surface area contributed by atoms with Crippen LogP contribution in [0.3, 0.4) is 0 Å². The van der Waals surface area contributed by atoms with Crippen molar-refractivity contribution in [2.75, 3.05) is 27.7 Å². The van der Waals surface area contributed by atoms with Crippen molar-refractivity contribution in [3.63, 3.8) is 0 Å². The summed E-state index contributed by atoms with van der Waals surface area (Å²) < 4.78 is 25.9. The quantitative estimate of drug-likeness (QED) is 0.688. The molecule has 8 heteroatoms. The van der Waals surface area contributed by atoms with Gasteiger partial charge in [0.2, 0.25) is 21.8 Å². The molecule has 2 rings (SSSR count). The van der Waals surface area contributed by atoms with Crippen LogP contribution in [-0.4, -0.2) is 33.0 Å². The number of amides is 2. The average Bonchev–Trinajstić information content (AvgIpc) is 2.60. The topological polar surface area (TPSA) is 95.6 Å². The van der Waals surface area contributed by atoms with Crippen LogP contribution in [-0.2, 0) is 19.6 Å². The number of carbonyl (C=O) groups is 2. The predicted octanol–water partition coefficient (Wildman–Crippen LogP) is 3.45. The average molecular weight is 418 g/mol. The maximum Gasteiger partial charge on any atom is 0.232 e. The minimum absolute atomic E-state index is 0.168. The van der Waals surface area contributed by atoms with Gasteiger partial charge in [-0.15, -0.1) is 0 Å². The van der Waals surface area contributed by atoms with Crippen molar-refractivity contribution < 1.29 is 18.0 Å². The van der Waals surface area contributed by atoms with Crippen molar-refractivity contribution in [1.29, 1.82) is 0 Å². The van der Waals surface area contributed by atoms with Gasteiger partial charge in [-0.05, 0) is 55.7 Å². The number of aryl methyl sites for hydroxylation is 2. The van der Waals surface area contributed by atoms with Gasteiger partial charge in [0.15, 0.2) is 0 Å². The van der Waals surface area contributed by atoms with Crippen LogP contribution < -0.4 is 14.9 Å². The Morgan fingerprint density at radius 2 is 1.66 bits per heavy atom. The first-order valence-electron chi connectivity index (χ1n) is 9.29. The molecule has 156 valence electrons. The lowest BCUT2D eigenvalue weighted by Gasteiger charge is -2.24. The van der Waals surface area contributed by atoms with Gasteiger partial charge in [-0.3, -0.25) is 13.9 Å². The number of hydrogen-bond acceptors (Lipinski definition) is 4. The molecule has 0 radical (unpaired) electrons. The molecule has 0 aliphatic heterocycles. The zero-order valence-corrected chi connectivity index (χ0v) is 18.0. The van der Waals surface area contributed by atoms with E-state index in [0.717, 1.165) is 11.1 Å². The highest BCUT2D eigenvalue weighted by atomic mass is 32.2. The Bertz CT molecular complexity index is 1000. The zero-order chi connectivity index (χ0) is 21.6. The molecule has 7 nitrogen and oxygen atoms in total.